The van der Waals surface area contributed by atoms with E-state index in [4.69, 9.17) is 0 Å². The van der Waals surface area contributed by atoms with Crippen molar-refractivity contribution < 1.29 is 9.59 Å². The van der Waals surface area contributed by atoms with Crippen LogP contribution in [0, 0.1) is 18.3 Å². The first-order valence-electron chi connectivity index (χ1n) is 8.30. The fraction of sp³-hybridized carbons (Fsp3) is 0.190. The van der Waals surface area contributed by atoms with E-state index in [1.165, 1.54) is 0 Å². The van der Waals surface area contributed by atoms with Crippen molar-refractivity contribution in [2.45, 2.75) is 19.3 Å². The monoisotopic (exact) mass is 362 g/mol. The van der Waals surface area contributed by atoms with Crippen LogP contribution < -0.4 is 5.32 Å². The molecule has 130 valence electrons. The van der Waals surface area contributed by atoms with Crippen LogP contribution >= 0.6 is 11.8 Å². The predicted molar refractivity (Wildman–Crippen MR) is 103 cm³/mol. The van der Waals surface area contributed by atoms with Crippen LogP contribution in [0.2, 0.25) is 0 Å². The highest BCUT2D eigenvalue weighted by atomic mass is 32.2. The fourth-order valence-electron chi connectivity index (χ4n) is 2.92. The first kappa shape index (κ1) is 18.0. The third-order valence-electron chi connectivity index (χ3n) is 4.31. The van der Waals surface area contributed by atoms with Crippen molar-refractivity contribution in [2.24, 2.45) is 0 Å². The molecule has 0 aliphatic carbocycles. The molecule has 1 atom stereocenters. The third kappa shape index (κ3) is 4.04. The minimum Gasteiger partial charge on any atom is -0.328 e. The maximum Gasteiger partial charge on any atom is 0.225 e. The highest BCUT2D eigenvalue weighted by Crippen LogP contribution is 2.33. The number of rotatable bonds is 4. The number of nitrogens with zero attached hydrogens (tertiary/aromatic N) is 1. The molecule has 1 unspecified atom stereocenters. The van der Waals surface area contributed by atoms with Gasteiger partial charge in [0, 0.05) is 29.4 Å². The van der Waals surface area contributed by atoms with Gasteiger partial charge < -0.3 is 5.32 Å². The van der Waals surface area contributed by atoms with Gasteiger partial charge in [-0.3, -0.25) is 9.59 Å². The summed E-state index contributed by atoms with van der Waals surface area (Å²) in [5, 5.41) is 12.4. The number of thioether (sulfide) groups is 1. The van der Waals surface area contributed by atoms with Crippen LogP contribution in [0.5, 0.6) is 0 Å². The van der Waals surface area contributed by atoms with Gasteiger partial charge in [-0.2, -0.15) is 5.26 Å². The number of nitriles is 1. The molecule has 0 saturated carbocycles. The van der Waals surface area contributed by atoms with E-state index in [0.717, 1.165) is 22.9 Å². The van der Waals surface area contributed by atoms with E-state index in [1.54, 1.807) is 12.1 Å². The predicted octanol–water partition coefficient (Wildman–Crippen LogP) is 3.95. The molecule has 26 heavy (non-hydrogen) atoms. The summed E-state index contributed by atoms with van der Waals surface area (Å²) in [5.74, 6) is -0.126. The Kier molecular flexibility index (Phi) is 5.55. The number of allylic oxidation sites excluding steroid dienone is 1. The molecular weight excluding hydrogens is 344 g/mol. The smallest absolute Gasteiger partial charge is 0.225 e. The molecule has 1 heterocycles. The van der Waals surface area contributed by atoms with Crippen molar-refractivity contribution >= 4 is 22.8 Å². The second-order valence-corrected chi connectivity index (χ2v) is 7.11. The molecular formula is C21H18N2O2S. The van der Waals surface area contributed by atoms with Crippen LogP contribution in [0.4, 0.5) is 0 Å². The summed E-state index contributed by atoms with van der Waals surface area (Å²) >= 11 is 1.09. The minimum atomic E-state index is -0.267. The SMILES string of the molecule is Cc1ccc(C2CC(=O)NC(CSC(=O)c3ccccc3)=C2C#N)cc1. The van der Waals surface area contributed by atoms with E-state index in [2.05, 4.69) is 11.4 Å². The van der Waals surface area contributed by atoms with Gasteiger partial charge in [0.2, 0.25) is 11.0 Å². The van der Waals surface area contributed by atoms with Gasteiger partial charge in [0.05, 0.1) is 11.6 Å². The lowest BCUT2D eigenvalue weighted by Gasteiger charge is -2.25. The molecule has 0 radical (unpaired) electrons. The Bertz CT molecular complexity index is 896. The molecule has 1 aliphatic heterocycles. The molecule has 5 heteroatoms. The number of hydrogen-bond acceptors (Lipinski definition) is 4. The topological polar surface area (TPSA) is 70.0 Å². The average Bonchev–Trinajstić information content (AvgIpc) is 2.67. The Morgan fingerprint density at radius 3 is 2.54 bits per heavy atom. The first-order valence-corrected chi connectivity index (χ1v) is 9.29. The zero-order valence-electron chi connectivity index (χ0n) is 14.4. The Morgan fingerprint density at radius 1 is 1.19 bits per heavy atom. The second-order valence-electron chi connectivity index (χ2n) is 6.16. The lowest BCUT2D eigenvalue weighted by atomic mass is 9.85. The minimum absolute atomic E-state index is 0.0814. The summed E-state index contributed by atoms with van der Waals surface area (Å²) in [7, 11) is 0. The van der Waals surface area contributed by atoms with Gasteiger partial charge in [-0.15, -0.1) is 0 Å². The molecule has 3 rings (SSSR count). The number of amides is 1. The lowest BCUT2D eigenvalue weighted by molar-refractivity contribution is -0.121. The lowest BCUT2D eigenvalue weighted by Crippen LogP contribution is -2.33. The molecule has 0 saturated heterocycles. The highest BCUT2D eigenvalue weighted by molar-refractivity contribution is 8.14. The van der Waals surface area contributed by atoms with E-state index in [9.17, 15) is 14.9 Å². The second kappa shape index (κ2) is 8.03. The van der Waals surface area contributed by atoms with Crippen molar-refractivity contribution in [1.82, 2.24) is 5.32 Å². The Balaban J connectivity index is 1.83. The van der Waals surface area contributed by atoms with Gasteiger partial charge in [0.15, 0.2) is 0 Å². The summed E-state index contributed by atoms with van der Waals surface area (Å²) in [6.45, 7) is 2.00. The third-order valence-corrected chi connectivity index (χ3v) is 5.24. The van der Waals surface area contributed by atoms with Crippen molar-refractivity contribution in [2.75, 3.05) is 5.75 Å². The summed E-state index contributed by atoms with van der Waals surface area (Å²) in [6, 6.07) is 19.1. The zero-order chi connectivity index (χ0) is 18.5. The largest absolute Gasteiger partial charge is 0.328 e. The molecule has 1 amide bonds. The Morgan fingerprint density at radius 2 is 1.88 bits per heavy atom. The van der Waals surface area contributed by atoms with Crippen LogP contribution in [-0.2, 0) is 4.79 Å². The quantitative estimate of drug-likeness (QED) is 0.894. The first-order chi connectivity index (χ1) is 12.6. The number of nitrogens with one attached hydrogen (secondary N) is 1. The standard InChI is InChI=1S/C21H18N2O2S/c1-14-7-9-15(10-8-14)17-11-20(24)23-19(18(17)12-22)13-26-21(25)16-5-3-2-4-6-16/h2-10,17H,11,13H2,1H3,(H,23,24). The van der Waals surface area contributed by atoms with E-state index in [-0.39, 0.29) is 29.1 Å². The van der Waals surface area contributed by atoms with Crippen molar-refractivity contribution in [1.29, 1.82) is 5.26 Å². The number of carbonyl (C=O) groups is 2. The van der Waals surface area contributed by atoms with Crippen LogP contribution in [0.3, 0.4) is 0 Å². The molecule has 1 aliphatic rings. The molecule has 0 bridgehead atoms. The maximum absolute atomic E-state index is 12.3. The van der Waals surface area contributed by atoms with E-state index in [0.29, 0.717) is 16.8 Å². The molecule has 0 aromatic heterocycles. The molecule has 1 N–H and O–H groups in total. The van der Waals surface area contributed by atoms with Crippen LogP contribution in [0.15, 0.2) is 65.9 Å². The molecule has 4 nitrogen and oxygen atoms in total. The van der Waals surface area contributed by atoms with Crippen LogP contribution in [-0.4, -0.2) is 16.8 Å². The summed E-state index contributed by atoms with van der Waals surface area (Å²) in [6.07, 6.45) is 0.243. The van der Waals surface area contributed by atoms with Gasteiger partial charge in [0.1, 0.15) is 0 Å². The van der Waals surface area contributed by atoms with Crippen molar-refractivity contribution in [3.63, 3.8) is 0 Å². The van der Waals surface area contributed by atoms with Crippen LogP contribution in [0.1, 0.15) is 33.8 Å². The van der Waals surface area contributed by atoms with Crippen molar-refractivity contribution in [3.05, 3.63) is 82.6 Å². The average molecular weight is 362 g/mol. The van der Waals surface area contributed by atoms with Gasteiger partial charge in [-0.1, -0.05) is 71.9 Å². The fourth-order valence-corrected chi connectivity index (χ4v) is 3.73. The number of aryl methyl sites for hydroxylation is 1. The highest BCUT2D eigenvalue weighted by Gasteiger charge is 2.29. The van der Waals surface area contributed by atoms with Crippen molar-refractivity contribution in [3.8, 4) is 6.07 Å². The number of carbonyl (C=O) groups excluding carboxylic acids is 2. The van der Waals surface area contributed by atoms with Gasteiger partial charge in [0.25, 0.3) is 0 Å². The van der Waals surface area contributed by atoms with E-state index < -0.39 is 0 Å². The molecule has 2 aromatic carbocycles. The molecule has 2 aromatic rings. The van der Waals surface area contributed by atoms with Gasteiger partial charge in [-0.05, 0) is 12.5 Å². The Hall–Kier alpha value is -2.84. The summed E-state index contributed by atoms with van der Waals surface area (Å²) in [5.41, 5.74) is 3.74. The maximum atomic E-state index is 12.3. The Labute approximate surface area is 156 Å². The normalized spacial score (nSPS) is 16.8. The summed E-state index contributed by atoms with van der Waals surface area (Å²) < 4.78 is 0. The molecule has 0 fully saturated rings. The van der Waals surface area contributed by atoms with Crippen LogP contribution in [0.25, 0.3) is 0 Å². The summed E-state index contributed by atoms with van der Waals surface area (Å²) in [4.78, 5) is 24.4. The number of hydrogen-bond donors (Lipinski definition) is 1. The number of benzene rings is 2. The zero-order valence-corrected chi connectivity index (χ0v) is 15.2. The van der Waals surface area contributed by atoms with E-state index >= 15 is 0 Å². The van der Waals surface area contributed by atoms with Gasteiger partial charge >= 0.3 is 0 Å². The van der Waals surface area contributed by atoms with E-state index in [1.807, 2.05) is 49.4 Å². The van der Waals surface area contributed by atoms with Gasteiger partial charge in [-0.25, -0.2) is 0 Å². The molecule has 0 spiro atoms.